The predicted octanol–water partition coefficient (Wildman–Crippen LogP) is 0.776. The van der Waals surface area contributed by atoms with Crippen molar-refractivity contribution in [2.75, 3.05) is 32.8 Å². The van der Waals surface area contributed by atoms with Gasteiger partial charge in [0.25, 0.3) is 0 Å². The number of hydrogen-bond donors (Lipinski definition) is 2. The maximum absolute atomic E-state index is 12.0. The first kappa shape index (κ1) is 15.9. The van der Waals surface area contributed by atoms with Gasteiger partial charge in [0.15, 0.2) is 0 Å². The lowest BCUT2D eigenvalue weighted by molar-refractivity contribution is -0.123. The minimum Gasteiger partial charge on any atom is -0.395 e. The topological polar surface area (TPSA) is 61.8 Å². The van der Waals surface area contributed by atoms with Crippen LogP contribution in [0.2, 0.25) is 0 Å². The first-order valence-electron chi connectivity index (χ1n) is 7.53. The number of carbonyl (C=O) groups is 1. The van der Waals surface area contributed by atoms with Crippen LogP contribution in [0.1, 0.15) is 18.4 Å². The van der Waals surface area contributed by atoms with E-state index in [0.29, 0.717) is 26.2 Å². The van der Waals surface area contributed by atoms with Gasteiger partial charge in [-0.2, -0.15) is 0 Å². The van der Waals surface area contributed by atoms with Gasteiger partial charge >= 0.3 is 0 Å². The minimum atomic E-state index is -0.0186. The lowest BCUT2D eigenvalue weighted by atomic mass is 10.2. The van der Waals surface area contributed by atoms with Gasteiger partial charge in [0.2, 0.25) is 5.91 Å². The van der Waals surface area contributed by atoms with Crippen molar-refractivity contribution in [2.24, 2.45) is 0 Å². The number of rotatable bonds is 8. The van der Waals surface area contributed by atoms with Gasteiger partial charge in [-0.05, 0) is 18.4 Å². The van der Waals surface area contributed by atoms with Crippen molar-refractivity contribution >= 4 is 5.91 Å². The molecule has 116 valence electrons. The van der Waals surface area contributed by atoms with Crippen molar-refractivity contribution in [2.45, 2.75) is 25.5 Å². The Bertz CT molecular complexity index is 419. The number of nitrogens with one attached hydrogen (secondary N) is 1. The molecule has 0 radical (unpaired) electrons. The number of carbonyl (C=O) groups excluding carboxylic acids is 1. The van der Waals surface area contributed by atoms with Crippen LogP contribution in [0.4, 0.5) is 0 Å². The number of ether oxygens (including phenoxy) is 1. The molecular weight excluding hydrogens is 268 g/mol. The third-order valence-electron chi connectivity index (χ3n) is 3.58. The van der Waals surface area contributed by atoms with E-state index < -0.39 is 0 Å². The second-order valence-electron chi connectivity index (χ2n) is 5.36. The van der Waals surface area contributed by atoms with Gasteiger partial charge in [-0.1, -0.05) is 30.3 Å². The van der Waals surface area contributed by atoms with Crippen LogP contribution in [0.25, 0.3) is 0 Å². The maximum atomic E-state index is 12.0. The summed E-state index contributed by atoms with van der Waals surface area (Å²) in [5.41, 5.74) is 1.14. The van der Waals surface area contributed by atoms with Crippen LogP contribution in [0.15, 0.2) is 30.3 Å². The van der Waals surface area contributed by atoms with Crippen LogP contribution < -0.4 is 5.32 Å². The van der Waals surface area contributed by atoms with Crippen LogP contribution in [0.5, 0.6) is 0 Å². The standard InChI is InChI=1S/C16H24N2O3/c19-9-8-18(12-14-5-2-1-3-6-14)13-16(20)17-11-15-7-4-10-21-15/h1-3,5-6,15,19H,4,7-13H2,(H,17,20). The van der Waals surface area contributed by atoms with Gasteiger partial charge in [-0.25, -0.2) is 0 Å². The van der Waals surface area contributed by atoms with E-state index in [4.69, 9.17) is 9.84 Å². The molecule has 0 aliphatic carbocycles. The SMILES string of the molecule is O=C(CN(CCO)Cc1ccccc1)NCC1CCCO1. The Morgan fingerprint density at radius 1 is 1.38 bits per heavy atom. The van der Waals surface area contributed by atoms with Crippen LogP contribution in [-0.2, 0) is 16.1 Å². The fourth-order valence-electron chi connectivity index (χ4n) is 2.49. The molecule has 1 atom stereocenters. The van der Waals surface area contributed by atoms with Crippen LogP contribution in [0, 0.1) is 0 Å². The van der Waals surface area contributed by atoms with Gasteiger partial charge in [-0.15, -0.1) is 0 Å². The summed E-state index contributed by atoms with van der Waals surface area (Å²) in [6, 6.07) is 9.96. The second-order valence-corrected chi connectivity index (χ2v) is 5.36. The molecule has 1 unspecified atom stereocenters. The molecule has 21 heavy (non-hydrogen) atoms. The fourth-order valence-corrected chi connectivity index (χ4v) is 2.49. The summed E-state index contributed by atoms with van der Waals surface area (Å²) in [6.07, 6.45) is 2.25. The maximum Gasteiger partial charge on any atom is 0.234 e. The number of aliphatic hydroxyl groups is 1. The third kappa shape index (κ3) is 5.83. The summed E-state index contributed by atoms with van der Waals surface area (Å²) < 4.78 is 5.48. The monoisotopic (exact) mass is 292 g/mol. The Balaban J connectivity index is 1.76. The highest BCUT2D eigenvalue weighted by Crippen LogP contribution is 2.10. The minimum absolute atomic E-state index is 0.0186. The molecule has 5 heteroatoms. The molecule has 1 aliphatic heterocycles. The molecule has 1 aromatic carbocycles. The molecule has 0 spiro atoms. The molecule has 1 amide bonds. The average molecular weight is 292 g/mol. The Morgan fingerprint density at radius 3 is 2.86 bits per heavy atom. The van der Waals surface area contributed by atoms with E-state index in [-0.39, 0.29) is 18.6 Å². The smallest absolute Gasteiger partial charge is 0.234 e. The molecule has 1 aromatic rings. The summed E-state index contributed by atoms with van der Waals surface area (Å²) in [5.74, 6) is -0.0186. The zero-order valence-electron chi connectivity index (χ0n) is 12.3. The van der Waals surface area contributed by atoms with E-state index in [1.165, 1.54) is 0 Å². The molecule has 1 aliphatic rings. The summed E-state index contributed by atoms with van der Waals surface area (Å²) in [7, 11) is 0. The zero-order chi connectivity index (χ0) is 14.9. The van der Waals surface area contributed by atoms with Crippen molar-refractivity contribution < 1.29 is 14.6 Å². The lowest BCUT2D eigenvalue weighted by Gasteiger charge is -2.21. The molecule has 1 heterocycles. The van der Waals surface area contributed by atoms with Crippen LogP contribution in [0.3, 0.4) is 0 Å². The highest BCUT2D eigenvalue weighted by Gasteiger charge is 2.17. The van der Waals surface area contributed by atoms with E-state index in [0.717, 1.165) is 25.0 Å². The summed E-state index contributed by atoms with van der Waals surface area (Å²) >= 11 is 0. The molecule has 0 aromatic heterocycles. The molecule has 1 saturated heterocycles. The molecule has 0 saturated carbocycles. The first-order chi connectivity index (χ1) is 10.3. The molecule has 2 N–H and O–H groups in total. The summed E-state index contributed by atoms with van der Waals surface area (Å²) in [6.45, 7) is 2.87. The molecule has 1 fully saturated rings. The fraction of sp³-hybridized carbons (Fsp3) is 0.562. The van der Waals surface area contributed by atoms with Crippen molar-refractivity contribution in [3.63, 3.8) is 0 Å². The summed E-state index contributed by atoms with van der Waals surface area (Å²) in [5, 5.41) is 12.0. The van der Waals surface area contributed by atoms with Gasteiger partial charge in [-0.3, -0.25) is 9.69 Å². The van der Waals surface area contributed by atoms with Crippen molar-refractivity contribution in [3.8, 4) is 0 Å². The third-order valence-corrected chi connectivity index (χ3v) is 3.58. The molecular formula is C16H24N2O3. The normalized spacial score (nSPS) is 18.1. The van der Waals surface area contributed by atoms with Gasteiger partial charge in [0.05, 0.1) is 19.3 Å². The number of nitrogens with zero attached hydrogens (tertiary/aromatic N) is 1. The van der Waals surface area contributed by atoms with Crippen molar-refractivity contribution in [1.82, 2.24) is 10.2 Å². The Hall–Kier alpha value is -1.43. The van der Waals surface area contributed by atoms with Crippen molar-refractivity contribution in [3.05, 3.63) is 35.9 Å². The summed E-state index contributed by atoms with van der Waals surface area (Å²) in [4.78, 5) is 13.9. The molecule has 0 bridgehead atoms. The van der Waals surface area contributed by atoms with Gasteiger partial charge < -0.3 is 15.2 Å². The zero-order valence-corrected chi connectivity index (χ0v) is 12.3. The van der Waals surface area contributed by atoms with Crippen molar-refractivity contribution in [1.29, 1.82) is 0 Å². The van der Waals surface area contributed by atoms with E-state index >= 15 is 0 Å². The quantitative estimate of drug-likeness (QED) is 0.743. The Kier molecular flexibility index (Phi) is 6.66. The van der Waals surface area contributed by atoms with E-state index in [1.807, 2.05) is 35.2 Å². The second kappa shape index (κ2) is 8.77. The average Bonchev–Trinajstić information content (AvgIpc) is 3.00. The number of benzene rings is 1. The largest absolute Gasteiger partial charge is 0.395 e. The van der Waals surface area contributed by atoms with Gasteiger partial charge in [0.1, 0.15) is 0 Å². The van der Waals surface area contributed by atoms with E-state index in [2.05, 4.69) is 5.32 Å². The molecule has 2 rings (SSSR count). The number of amides is 1. The molecule has 5 nitrogen and oxygen atoms in total. The van der Waals surface area contributed by atoms with Crippen LogP contribution in [-0.4, -0.2) is 54.9 Å². The predicted molar refractivity (Wildman–Crippen MR) is 80.8 cm³/mol. The van der Waals surface area contributed by atoms with Gasteiger partial charge in [0, 0.05) is 26.2 Å². The highest BCUT2D eigenvalue weighted by molar-refractivity contribution is 5.78. The number of aliphatic hydroxyl groups excluding tert-OH is 1. The lowest BCUT2D eigenvalue weighted by Crippen LogP contribution is -2.40. The highest BCUT2D eigenvalue weighted by atomic mass is 16.5. The Labute approximate surface area is 125 Å². The first-order valence-corrected chi connectivity index (χ1v) is 7.53. The van der Waals surface area contributed by atoms with E-state index in [1.54, 1.807) is 0 Å². The van der Waals surface area contributed by atoms with E-state index in [9.17, 15) is 4.79 Å². The Morgan fingerprint density at radius 2 is 2.19 bits per heavy atom. The van der Waals surface area contributed by atoms with Crippen LogP contribution >= 0.6 is 0 Å². The number of hydrogen-bond acceptors (Lipinski definition) is 4.